The maximum atomic E-state index is 11.9. The Morgan fingerprint density at radius 1 is 1.56 bits per heavy atom. The molecule has 1 heterocycles. The molecule has 2 N–H and O–H groups in total. The molecule has 6 heteroatoms. The van der Waals surface area contributed by atoms with Gasteiger partial charge in [-0.1, -0.05) is 24.9 Å². The minimum Gasteiger partial charge on any atom is -0.481 e. The average Bonchev–Trinajstić information content (AvgIpc) is 2.28. The van der Waals surface area contributed by atoms with Gasteiger partial charge in [-0.15, -0.1) is 0 Å². The van der Waals surface area contributed by atoms with Gasteiger partial charge in [0.25, 0.3) is 5.91 Å². The molecule has 0 saturated heterocycles. The standard InChI is InChI=1S/C12H15ClN2O3/c1-2-3-8(6-11(16)17)15-12(18)9-7-14-5-4-10(9)13/h4-5,7-8H,2-3,6H2,1H3,(H,15,18)(H,16,17). The van der Waals surface area contributed by atoms with Gasteiger partial charge in [-0.3, -0.25) is 14.6 Å². The second-order valence-electron chi connectivity index (χ2n) is 3.91. The van der Waals surface area contributed by atoms with Crippen molar-refractivity contribution in [2.75, 3.05) is 0 Å². The predicted molar refractivity (Wildman–Crippen MR) is 67.7 cm³/mol. The molecular weight excluding hydrogens is 256 g/mol. The number of hydrogen-bond donors (Lipinski definition) is 2. The Hall–Kier alpha value is -1.62. The van der Waals surface area contributed by atoms with Gasteiger partial charge >= 0.3 is 5.97 Å². The van der Waals surface area contributed by atoms with Crippen LogP contribution in [0, 0.1) is 0 Å². The van der Waals surface area contributed by atoms with Crippen LogP contribution in [0.2, 0.25) is 5.02 Å². The number of halogens is 1. The normalized spacial score (nSPS) is 11.9. The lowest BCUT2D eigenvalue weighted by molar-refractivity contribution is -0.137. The van der Waals surface area contributed by atoms with Gasteiger partial charge in [0.2, 0.25) is 0 Å². The highest BCUT2D eigenvalue weighted by Crippen LogP contribution is 2.14. The summed E-state index contributed by atoms with van der Waals surface area (Å²) in [5.74, 6) is -1.33. The molecule has 1 aromatic rings. The maximum Gasteiger partial charge on any atom is 0.305 e. The lowest BCUT2D eigenvalue weighted by Crippen LogP contribution is -2.36. The number of nitrogens with one attached hydrogen (secondary N) is 1. The van der Waals surface area contributed by atoms with Crippen LogP contribution < -0.4 is 5.32 Å². The molecule has 1 atom stereocenters. The molecule has 1 unspecified atom stereocenters. The van der Waals surface area contributed by atoms with Crippen LogP contribution in [0.15, 0.2) is 18.5 Å². The van der Waals surface area contributed by atoms with E-state index >= 15 is 0 Å². The molecule has 0 aliphatic carbocycles. The summed E-state index contributed by atoms with van der Waals surface area (Å²) in [6.45, 7) is 1.93. The fourth-order valence-corrected chi connectivity index (χ4v) is 1.78. The number of carboxylic acid groups (broad SMARTS) is 1. The molecule has 18 heavy (non-hydrogen) atoms. The number of pyridine rings is 1. The van der Waals surface area contributed by atoms with E-state index in [2.05, 4.69) is 10.3 Å². The molecule has 0 bridgehead atoms. The summed E-state index contributed by atoms with van der Waals surface area (Å²) in [5, 5.41) is 11.7. The van der Waals surface area contributed by atoms with Crippen LogP contribution in [0.25, 0.3) is 0 Å². The van der Waals surface area contributed by atoms with E-state index in [1.165, 1.54) is 18.5 Å². The largest absolute Gasteiger partial charge is 0.481 e. The molecule has 0 radical (unpaired) electrons. The minimum absolute atomic E-state index is 0.0997. The van der Waals surface area contributed by atoms with E-state index in [1.54, 1.807) is 0 Å². The first-order chi connectivity index (χ1) is 8.54. The summed E-state index contributed by atoms with van der Waals surface area (Å²) < 4.78 is 0. The zero-order chi connectivity index (χ0) is 13.5. The molecule has 0 aliphatic rings. The summed E-state index contributed by atoms with van der Waals surface area (Å²) in [6, 6.07) is 1.12. The van der Waals surface area contributed by atoms with Gasteiger partial charge in [-0.05, 0) is 12.5 Å². The van der Waals surface area contributed by atoms with Gasteiger partial charge in [0, 0.05) is 18.4 Å². The second kappa shape index (κ2) is 6.96. The number of rotatable bonds is 6. The topological polar surface area (TPSA) is 79.3 Å². The third-order valence-corrected chi connectivity index (χ3v) is 2.74. The van der Waals surface area contributed by atoms with Crippen LogP contribution in [0.1, 0.15) is 36.5 Å². The first-order valence-electron chi connectivity index (χ1n) is 5.66. The van der Waals surface area contributed by atoms with Crippen molar-refractivity contribution in [1.29, 1.82) is 0 Å². The van der Waals surface area contributed by atoms with Crippen molar-refractivity contribution in [3.63, 3.8) is 0 Å². The molecule has 0 saturated carbocycles. The van der Waals surface area contributed by atoms with E-state index in [0.717, 1.165) is 6.42 Å². The Kier molecular flexibility index (Phi) is 5.58. The maximum absolute atomic E-state index is 11.9. The van der Waals surface area contributed by atoms with E-state index in [9.17, 15) is 9.59 Å². The van der Waals surface area contributed by atoms with E-state index in [0.29, 0.717) is 11.4 Å². The zero-order valence-corrected chi connectivity index (χ0v) is 10.8. The van der Waals surface area contributed by atoms with E-state index < -0.39 is 17.9 Å². The second-order valence-corrected chi connectivity index (χ2v) is 4.32. The molecule has 1 rings (SSSR count). The molecule has 0 fully saturated rings. The summed E-state index contributed by atoms with van der Waals surface area (Å²) >= 11 is 5.87. The van der Waals surface area contributed by atoms with Gasteiger partial charge in [0.15, 0.2) is 0 Å². The Morgan fingerprint density at radius 2 is 2.28 bits per heavy atom. The van der Waals surface area contributed by atoms with Crippen molar-refractivity contribution < 1.29 is 14.7 Å². The van der Waals surface area contributed by atoms with Gasteiger partial charge in [0.1, 0.15) is 0 Å². The third-order valence-electron chi connectivity index (χ3n) is 2.41. The van der Waals surface area contributed by atoms with Gasteiger partial charge in [0.05, 0.1) is 17.0 Å². The van der Waals surface area contributed by atoms with Gasteiger partial charge in [-0.2, -0.15) is 0 Å². The molecular formula is C12H15ClN2O3. The van der Waals surface area contributed by atoms with E-state index in [4.69, 9.17) is 16.7 Å². The quantitative estimate of drug-likeness (QED) is 0.830. The molecule has 5 nitrogen and oxygen atoms in total. The van der Waals surface area contributed by atoms with Crippen LogP contribution in [0.4, 0.5) is 0 Å². The van der Waals surface area contributed by atoms with Crippen LogP contribution in [-0.4, -0.2) is 28.0 Å². The van der Waals surface area contributed by atoms with Crippen LogP contribution in [-0.2, 0) is 4.79 Å². The smallest absolute Gasteiger partial charge is 0.305 e. The summed E-state index contributed by atoms with van der Waals surface area (Å²) in [5.41, 5.74) is 0.255. The first-order valence-corrected chi connectivity index (χ1v) is 6.04. The van der Waals surface area contributed by atoms with Crippen LogP contribution in [0.5, 0.6) is 0 Å². The van der Waals surface area contributed by atoms with Crippen molar-refractivity contribution >= 4 is 23.5 Å². The van der Waals surface area contributed by atoms with E-state index in [1.807, 2.05) is 6.92 Å². The van der Waals surface area contributed by atoms with Gasteiger partial charge < -0.3 is 10.4 Å². The number of aromatic nitrogens is 1. The number of amides is 1. The Bertz CT molecular complexity index is 437. The highest BCUT2D eigenvalue weighted by atomic mass is 35.5. The molecule has 98 valence electrons. The number of hydrogen-bond acceptors (Lipinski definition) is 3. The van der Waals surface area contributed by atoms with Crippen molar-refractivity contribution in [3.8, 4) is 0 Å². The van der Waals surface area contributed by atoms with Crippen molar-refractivity contribution in [1.82, 2.24) is 10.3 Å². The molecule has 0 aromatic carbocycles. The van der Waals surface area contributed by atoms with Crippen molar-refractivity contribution in [3.05, 3.63) is 29.0 Å². The third kappa shape index (κ3) is 4.33. The fourth-order valence-electron chi connectivity index (χ4n) is 1.59. The summed E-state index contributed by atoms with van der Waals surface area (Å²) in [7, 11) is 0. The first kappa shape index (κ1) is 14.4. The van der Waals surface area contributed by atoms with E-state index in [-0.39, 0.29) is 12.0 Å². The Labute approximate surface area is 110 Å². The van der Waals surface area contributed by atoms with Crippen LogP contribution in [0.3, 0.4) is 0 Å². The minimum atomic E-state index is -0.939. The Balaban J connectivity index is 2.72. The monoisotopic (exact) mass is 270 g/mol. The van der Waals surface area contributed by atoms with Crippen molar-refractivity contribution in [2.45, 2.75) is 32.2 Å². The molecule has 0 spiro atoms. The number of aliphatic carboxylic acids is 1. The molecule has 1 amide bonds. The summed E-state index contributed by atoms with van der Waals surface area (Å²) in [6.07, 6.45) is 4.15. The van der Waals surface area contributed by atoms with Crippen molar-refractivity contribution in [2.24, 2.45) is 0 Å². The highest BCUT2D eigenvalue weighted by Gasteiger charge is 2.17. The number of nitrogens with zero attached hydrogens (tertiary/aromatic N) is 1. The van der Waals surface area contributed by atoms with Gasteiger partial charge in [-0.25, -0.2) is 0 Å². The lowest BCUT2D eigenvalue weighted by atomic mass is 10.1. The Morgan fingerprint density at radius 3 is 2.83 bits per heavy atom. The number of carbonyl (C=O) groups is 2. The fraction of sp³-hybridized carbons (Fsp3) is 0.417. The lowest BCUT2D eigenvalue weighted by Gasteiger charge is -2.16. The van der Waals surface area contributed by atoms with Crippen LogP contribution >= 0.6 is 11.6 Å². The summed E-state index contributed by atoms with van der Waals surface area (Å²) in [4.78, 5) is 26.4. The molecule has 0 aliphatic heterocycles. The average molecular weight is 271 g/mol. The number of carbonyl (C=O) groups excluding carboxylic acids is 1. The zero-order valence-electron chi connectivity index (χ0n) is 10.0. The number of carboxylic acids is 1. The molecule has 1 aromatic heterocycles. The predicted octanol–water partition coefficient (Wildman–Crippen LogP) is 2.11. The highest BCUT2D eigenvalue weighted by molar-refractivity contribution is 6.33. The SMILES string of the molecule is CCCC(CC(=O)O)NC(=O)c1cnccc1Cl.